The highest BCUT2D eigenvalue weighted by molar-refractivity contribution is 9.10. The Labute approximate surface area is 90.8 Å². The van der Waals surface area contributed by atoms with Crippen LogP contribution in [0.4, 0.5) is 0 Å². The number of hydrogen-bond acceptors (Lipinski definition) is 2. The first kappa shape index (κ1) is 11.1. The lowest BCUT2D eigenvalue weighted by Gasteiger charge is -2.07. The van der Waals surface area contributed by atoms with Gasteiger partial charge in [-0.25, -0.2) is 0 Å². The fourth-order valence-electron chi connectivity index (χ4n) is 1.06. The molecule has 0 atom stereocenters. The van der Waals surface area contributed by atoms with Gasteiger partial charge < -0.3 is 10.0 Å². The monoisotopic (exact) mass is 262 g/mol. The molecule has 1 aromatic rings. The fraction of sp³-hybridized carbons (Fsp3) is 0.250. The molecule has 0 unspecified atom stereocenters. The molecule has 2 N–H and O–H groups in total. The molecule has 0 saturated heterocycles. The minimum atomic E-state index is -1.52. The van der Waals surface area contributed by atoms with Gasteiger partial charge in [0.15, 0.2) is 0 Å². The van der Waals surface area contributed by atoms with Crippen molar-refractivity contribution in [3.63, 3.8) is 0 Å². The minimum absolute atomic E-state index is 0.341. The first-order chi connectivity index (χ1) is 6.06. The van der Waals surface area contributed by atoms with E-state index >= 15 is 0 Å². The molecule has 0 saturated carbocycles. The number of hydrogen-bond donors (Lipinski definition) is 2. The molecule has 0 radical (unpaired) electrons. The van der Waals surface area contributed by atoms with Crippen LogP contribution in [0.2, 0.25) is 5.02 Å². The molecule has 2 nitrogen and oxygen atoms in total. The van der Waals surface area contributed by atoms with Gasteiger partial charge in [-0.2, -0.15) is 0 Å². The summed E-state index contributed by atoms with van der Waals surface area (Å²) in [5.74, 6) is 0. The lowest BCUT2D eigenvalue weighted by molar-refractivity contribution is 0.425. The van der Waals surface area contributed by atoms with Gasteiger partial charge in [-0.15, -0.1) is 0 Å². The highest BCUT2D eigenvalue weighted by Gasteiger charge is 2.17. The van der Waals surface area contributed by atoms with E-state index in [1.165, 1.54) is 0 Å². The highest BCUT2D eigenvalue weighted by Crippen LogP contribution is 2.22. The Kier molecular flexibility index (Phi) is 3.80. The Balaban J connectivity index is 3.25. The molecule has 0 fully saturated rings. The summed E-state index contributed by atoms with van der Waals surface area (Å²) in [4.78, 5) is 0. The molecule has 0 aliphatic heterocycles. The number of benzene rings is 1. The van der Waals surface area contributed by atoms with Crippen molar-refractivity contribution in [2.45, 2.75) is 13.3 Å². The van der Waals surface area contributed by atoms with Crippen molar-refractivity contribution in [3.05, 3.63) is 27.2 Å². The first-order valence-electron chi connectivity index (χ1n) is 3.90. The summed E-state index contributed by atoms with van der Waals surface area (Å²) in [6.07, 6.45) is 0.829. The zero-order valence-corrected chi connectivity index (χ0v) is 9.43. The molecule has 0 aromatic heterocycles. The Morgan fingerprint density at radius 2 is 2.08 bits per heavy atom. The molecular formula is C8H9BBrClO2. The summed E-state index contributed by atoms with van der Waals surface area (Å²) < 4.78 is 0.691. The average molecular weight is 263 g/mol. The van der Waals surface area contributed by atoms with Crippen molar-refractivity contribution < 1.29 is 10.0 Å². The third-order valence-corrected chi connectivity index (χ3v) is 3.08. The summed E-state index contributed by atoms with van der Waals surface area (Å²) >= 11 is 9.10. The van der Waals surface area contributed by atoms with E-state index < -0.39 is 7.12 Å². The maximum absolute atomic E-state index is 9.00. The van der Waals surface area contributed by atoms with Crippen LogP contribution in [0.15, 0.2) is 16.6 Å². The topological polar surface area (TPSA) is 40.5 Å². The molecule has 0 amide bonds. The summed E-state index contributed by atoms with van der Waals surface area (Å²) in [6.45, 7) is 1.99. The van der Waals surface area contributed by atoms with E-state index in [0.29, 0.717) is 15.0 Å². The average Bonchev–Trinajstić information content (AvgIpc) is 2.09. The van der Waals surface area contributed by atoms with Crippen molar-refractivity contribution in [1.29, 1.82) is 0 Å². The van der Waals surface area contributed by atoms with Crippen molar-refractivity contribution in [3.8, 4) is 0 Å². The number of aryl methyl sites for hydroxylation is 1. The lowest BCUT2D eigenvalue weighted by atomic mass is 9.79. The molecule has 0 aliphatic carbocycles. The largest absolute Gasteiger partial charge is 0.490 e. The normalized spacial score (nSPS) is 10.2. The molecule has 5 heteroatoms. The zero-order chi connectivity index (χ0) is 10.0. The van der Waals surface area contributed by atoms with Gasteiger partial charge in [0, 0.05) is 9.94 Å². The number of halogens is 2. The first-order valence-corrected chi connectivity index (χ1v) is 5.07. The third-order valence-electron chi connectivity index (χ3n) is 1.80. The summed E-state index contributed by atoms with van der Waals surface area (Å²) in [7, 11) is -1.52. The molecule has 0 spiro atoms. The van der Waals surface area contributed by atoms with Crippen LogP contribution in [0.1, 0.15) is 12.5 Å². The molecule has 1 rings (SSSR count). The third kappa shape index (κ3) is 2.47. The predicted octanol–water partition coefficient (Wildman–Crippen LogP) is 1.34. The Bertz CT molecular complexity index is 317. The number of rotatable bonds is 2. The van der Waals surface area contributed by atoms with Crippen molar-refractivity contribution in [1.82, 2.24) is 0 Å². The van der Waals surface area contributed by atoms with Crippen LogP contribution in [-0.2, 0) is 6.42 Å². The van der Waals surface area contributed by atoms with Crippen LogP contribution >= 0.6 is 27.5 Å². The molecule has 0 aliphatic rings. The molecule has 70 valence electrons. The molecular weight excluding hydrogens is 254 g/mol. The van der Waals surface area contributed by atoms with Crippen LogP contribution in [-0.4, -0.2) is 17.2 Å². The van der Waals surface area contributed by atoms with Crippen molar-refractivity contribution in [2.75, 3.05) is 0 Å². The van der Waals surface area contributed by atoms with Crippen LogP contribution in [0.3, 0.4) is 0 Å². The molecule has 0 bridgehead atoms. The van der Waals surface area contributed by atoms with E-state index in [1.54, 1.807) is 6.07 Å². The second kappa shape index (κ2) is 4.46. The molecule has 0 heterocycles. The second-order valence-electron chi connectivity index (χ2n) is 2.71. The van der Waals surface area contributed by atoms with Gasteiger partial charge in [0.25, 0.3) is 0 Å². The standard InChI is InChI=1S/C8H9BBrClO2/c1-2-5-3-6(9(12)13)8(11)7(10)4-5/h3-4,12-13H,2H2,1H3. The maximum atomic E-state index is 9.00. The Morgan fingerprint density at radius 3 is 2.54 bits per heavy atom. The SMILES string of the molecule is CCc1cc(Br)c(Cl)c(B(O)O)c1. The van der Waals surface area contributed by atoms with Gasteiger partial charge >= 0.3 is 7.12 Å². The van der Waals surface area contributed by atoms with Gasteiger partial charge in [-0.1, -0.05) is 24.6 Å². The van der Waals surface area contributed by atoms with Crippen LogP contribution in [0, 0.1) is 0 Å². The molecule has 13 heavy (non-hydrogen) atoms. The van der Waals surface area contributed by atoms with Gasteiger partial charge in [0.1, 0.15) is 0 Å². The van der Waals surface area contributed by atoms with Crippen LogP contribution in [0.5, 0.6) is 0 Å². The maximum Gasteiger partial charge on any atom is 0.490 e. The quantitative estimate of drug-likeness (QED) is 0.791. The van der Waals surface area contributed by atoms with Crippen molar-refractivity contribution >= 4 is 40.1 Å². The van der Waals surface area contributed by atoms with Gasteiger partial charge in [0.2, 0.25) is 0 Å². The van der Waals surface area contributed by atoms with E-state index in [4.69, 9.17) is 21.6 Å². The Morgan fingerprint density at radius 1 is 1.46 bits per heavy atom. The predicted molar refractivity (Wildman–Crippen MR) is 58.4 cm³/mol. The summed E-state index contributed by atoms with van der Waals surface area (Å²) in [6, 6.07) is 3.56. The fourth-order valence-corrected chi connectivity index (χ4v) is 1.79. The van der Waals surface area contributed by atoms with Gasteiger partial charge in [0.05, 0.1) is 5.02 Å². The Hall–Kier alpha value is -0.0251. The summed E-state index contributed by atoms with van der Waals surface area (Å²) in [5.41, 5.74) is 1.35. The summed E-state index contributed by atoms with van der Waals surface area (Å²) in [5, 5.41) is 18.4. The van der Waals surface area contributed by atoms with E-state index in [9.17, 15) is 0 Å². The van der Waals surface area contributed by atoms with Crippen LogP contribution in [0.25, 0.3) is 0 Å². The lowest BCUT2D eigenvalue weighted by Crippen LogP contribution is -2.31. The van der Waals surface area contributed by atoms with E-state index in [1.807, 2.05) is 13.0 Å². The van der Waals surface area contributed by atoms with Gasteiger partial charge in [-0.05, 0) is 34.0 Å². The smallest absolute Gasteiger partial charge is 0.423 e. The molecule has 1 aromatic carbocycles. The van der Waals surface area contributed by atoms with E-state index in [0.717, 1.165) is 12.0 Å². The van der Waals surface area contributed by atoms with Crippen molar-refractivity contribution in [2.24, 2.45) is 0 Å². The van der Waals surface area contributed by atoms with Crippen LogP contribution < -0.4 is 5.46 Å². The second-order valence-corrected chi connectivity index (χ2v) is 3.94. The highest BCUT2D eigenvalue weighted by atomic mass is 79.9. The van der Waals surface area contributed by atoms with Gasteiger partial charge in [-0.3, -0.25) is 0 Å². The zero-order valence-electron chi connectivity index (χ0n) is 7.09. The van der Waals surface area contributed by atoms with E-state index in [-0.39, 0.29) is 0 Å². The minimum Gasteiger partial charge on any atom is -0.423 e. The van der Waals surface area contributed by atoms with E-state index in [2.05, 4.69) is 15.9 Å².